The molecule has 2 N–H and O–H groups in total. The molecule has 2 atom stereocenters. The van der Waals surface area contributed by atoms with Crippen molar-refractivity contribution in [3.8, 4) is 0 Å². The first-order chi connectivity index (χ1) is 14.9. The summed E-state index contributed by atoms with van der Waals surface area (Å²) < 4.78 is 0. The molecule has 2 aromatic rings. The second-order valence-electron chi connectivity index (χ2n) is 8.23. The van der Waals surface area contributed by atoms with Crippen molar-refractivity contribution in [1.82, 2.24) is 15.5 Å². The van der Waals surface area contributed by atoms with Crippen LogP contribution in [0.1, 0.15) is 41.6 Å². The van der Waals surface area contributed by atoms with E-state index in [4.69, 9.17) is 34.8 Å². The monoisotopic (exact) mass is 479 g/mol. The SMILES string of the molecule is O=C(CNC(=O)c1cc(Cl)ccc1Cl)NC1CC2CCC(C1)N2Cc1ccc(Cl)cc1. The van der Waals surface area contributed by atoms with Gasteiger partial charge in [-0.1, -0.05) is 46.9 Å². The van der Waals surface area contributed by atoms with E-state index in [1.165, 1.54) is 11.6 Å². The minimum Gasteiger partial charge on any atom is -0.352 e. The molecule has 2 aromatic carbocycles. The molecule has 0 aromatic heterocycles. The van der Waals surface area contributed by atoms with E-state index in [0.717, 1.165) is 37.3 Å². The van der Waals surface area contributed by atoms with Crippen LogP contribution < -0.4 is 10.6 Å². The molecule has 2 amide bonds. The van der Waals surface area contributed by atoms with Gasteiger partial charge in [0.1, 0.15) is 0 Å². The van der Waals surface area contributed by atoms with E-state index < -0.39 is 5.91 Å². The molecular formula is C23H24Cl3N3O2. The molecule has 2 aliphatic rings. The van der Waals surface area contributed by atoms with Crippen molar-refractivity contribution in [2.24, 2.45) is 0 Å². The molecule has 2 unspecified atom stereocenters. The molecule has 2 fully saturated rings. The van der Waals surface area contributed by atoms with Crippen LogP contribution in [0.5, 0.6) is 0 Å². The first-order valence-corrected chi connectivity index (χ1v) is 11.5. The number of benzene rings is 2. The number of carbonyl (C=O) groups excluding carboxylic acids is 2. The van der Waals surface area contributed by atoms with E-state index >= 15 is 0 Å². The smallest absolute Gasteiger partial charge is 0.253 e. The minimum absolute atomic E-state index is 0.0952. The van der Waals surface area contributed by atoms with Gasteiger partial charge in [0, 0.05) is 34.7 Å². The van der Waals surface area contributed by atoms with Crippen molar-refractivity contribution >= 4 is 46.6 Å². The summed E-state index contributed by atoms with van der Waals surface area (Å²) in [5.41, 5.74) is 1.52. The second kappa shape index (κ2) is 9.78. The van der Waals surface area contributed by atoms with Crippen LogP contribution in [0.25, 0.3) is 0 Å². The van der Waals surface area contributed by atoms with Gasteiger partial charge >= 0.3 is 0 Å². The van der Waals surface area contributed by atoms with Gasteiger partial charge in [-0.3, -0.25) is 14.5 Å². The lowest BCUT2D eigenvalue weighted by atomic mass is 9.96. The highest BCUT2D eigenvalue weighted by molar-refractivity contribution is 6.35. The van der Waals surface area contributed by atoms with Gasteiger partial charge < -0.3 is 10.6 Å². The molecule has 4 rings (SSSR count). The van der Waals surface area contributed by atoms with Gasteiger partial charge in [0.25, 0.3) is 5.91 Å². The summed E-state index contributed by atoms with van der Waals surface area (Å²) in [7, 11) is 0. The maximum Gasteiger partial charge on any atom is 0.253 e. The fourth-order valence-electron chi connectivity index (χ4n) is 4.66. The van der Waals surface area contributed by atoms with Crippen molar-refractivity contribution < 1.29 is 9.59 Å². The maximum atomic E-state index is 12.4. The van der Waals surface area contributed by atoms with Gasteiger partial charge in [-0.15, -0.1) is 0 Å². The summed E-state index contributed by atoms with van der Waals surface area (Å²) in [4.78, 5) is 27.3. The fraction of sp³-hybridized carbons (Fsp3) is 0.391. The molecule has 2 heterocycles. The molecule has 8 heteroatoms. The minimum atomic E-state index is -0.416. The number of carbonyl (C=O) groups is 2. The predicted octanol–water partition coefficient (Wildman–Crippen LogP) is 4.69. The highest BCUT2D eigenvalue weighted by Gasteiger charge is 2.40. The van der Waals surface area contributed by atoms with Crippen LogP contribution in [-0.4, -0.2) is 41.4 Å². The quantitative estimate of drug-likeness (QED) is 0.631. The summed E-state index contributed by atoms with van der Waals surface area (Å²) in [6, 6.07) is 13.7. The lowest BCUT2D eigenvalue weighted by Crippen LogP contribution is -2.51. The van der Waals surface area contributed by atoms with Crippen molar-refractivity contribution in [3.05, 3.63) is 68.7 Å². The second-order valence-corrected chi connectivity index (χ2v) is 9.51. The van der Waals surface area contributed by atoms with Crippen molar-refractivity contribution in [1.29, 1.82) is 0 Å². The van der Waals surface area contributed by atoms with Crippen LogP contribution in [0, 0.1) is 0 Å². The number of nitrogens with zero attached hydrogens (tertiary/aromatic N) is 1. The summed E-state index contributed by atoms with van der Waals surface area (Å²) in [6.45, 7) is 0.811. The number of nitrogens with one attached hydrogen (secondary N) is 2. The summed E-state index contributed by atoms with van der Waals surface area (Å²) in [5.74, 6) is -0.609. The molecule has 2 saturated heterocycles. The lowest BCUT2D eigenvalue weighted by molar-refractivity contribution is -0.121. The van der Waals surface area contributed by atoms with E-state index in [-0.39, 0.29) is 24.1 Å². The molecule has 2 aliphatic heterocycles. The third kappa shape index (κ3) is 5.53. The number of fused-ring (bicyclic) bond motifs is 2. The Morgan fingerprint density at radius 1 is 0.935 bits per heavy atom. The van der Waals surface area contributed by atoms with E-state index in [1.54, 1.807) is 12.1 Å². The lowest BCUT2D eigenvalue weighted by Gasteiger charge is -2.39. The van der Waals surface area contributed by atoms with Gasteiger partial charge in [-0.25, -0.2) is 0 Å². The first-order valence-electron chi connectivity index (χ1n) is 10.4. The van der Waals surface area contributed by atoms with Crippen molar-refractivity contribution in [3.63, 3.8) is 0 Å². The molecule has 0 spiro atoms. The normalized spacial score (nSPS) is 22.9. The molecule has 0 radical (unpaired) electrons. The van der Waals surface area contributed by atoms with Crippen molar-refractivity contribution in [2.75, 3.05) is 6.54 Å². The van der Waals surface area contributed by atoms with E-state index in [9.17, 15) is 9.59 Å². The van der Waals surface area contributed by atoms with E-state index in [2.05, 4.69) is 27.7 Å². The van der Waals surface area contributed by atoms with Crippen molar-refractivity contribution in [2.45, 2.75) is 50.4 Å². The summed E-state index contributed by atoms with van der Waals surface area (Å²) in [6.07, 6.45) is 4.14. The third-order valence-corrected chi connectivity index (χ3v) is 6.93. The van der Waals surface area contributed by atoms with Crippen LogP contribution in [0.4, 0.5) is 0 Å². The number of piperidine rings is 1. The Hall–Kier alpha value is -1.79. The zero-order valence-corrected chi connectivity index (χ0v) is 19.2. The molecule has 5 nitrogen and oxygen atoms in total. The highest BCUT2D eigenvalue weighted by Crippen LogP contribution is 2.37. The van der Waals surface area contributed by atoms with Gasteiger partial charge in [0.2, 0.25) is 5.91 Å². The average molecular weight is 481 g/mol. The van der Waals surface area contributed by atoms with E-state index in [1.807, 2.05) is 12.1 Å². The van der Waals surface area contributed by atoms with Crippen LogP contribution in [-0.2, 0) is 11.3 Å². The number of rotatable bonds is 6. The Morgan fingerprint density at radius 2 is 1.58 bits per heavy atom. The maximum absolute atomic E-state index is 12.4. The number of halogens is 3. The topological polar surface area (TPSA) is 61.4 Å². The largest absolute Gasteiger partial charge is 0.352 e. The Labute approximate surface area is 197 Å². The third-order valence-electron chi connectivity index (χ3n) is 6.11. The number of amides is 2. The predicted molar refractivity (Wildman–Crippen MR) is 124 cm³/mol. The average Bonchev–Trinajstić information content (AvgIpc) is 2.97. The van der Waals surface area contributed by atoms with Gasteiger partial charge in [0.15, 0.2) is 0 Å². The molecule has 0 aliphatic carbocycles. The molecule has 31 heavy (non-hydrogen) atoms. The Balaban J connectivity index is 1.27. The van der Waals surface area contributed by atoms with Gasteiger partial charge in [0.05, 0.1) is 17.1 Å². The van der Waals surface area contributed by atoms with Gasteiger partial charge in [-0.05, 0) is 61.6 Å². The fourth-order valence-corrected chi connectivity index (χ4v) is 5.16. The number of hydrogen-bond acceptors (Lipinski definition) is 3. The standard InChI is InChI=1S/C23H24Cl3N3O2/c24-15-3-1-14(2-4-15)13-29-18-6-7-19(29)11-17(10-18)28-22(30)12-27-23(31)20-9-16(25)5-8-21(20)26/h1-5,8-9,17-19H,6-7,10-13H2,(H,27,31)(H,28,30). The Morgan fingerprint density at radius 3 is 2.26 bits per heavy atom. The molecule has 0 saturated carbocycles. The van der Waals surface area contributed by atoms with Crippen LogP contribution in [0.15, 0.2) is 42.5 Å². The zero-order valence-electron chi connectivity index (χ0n) is 16.9. The number of hydrogen-bond donors (Lipinski definition) is 2. The van der Waals surface area contributed by atoms with Crippen LogP contribution in [0.3, 0.4) is 0 Å². The zero-order chi connectivity index (χ0) is 22.0. The highest BCUT2D eigenvalue weighted by atomic mass is 35.5. The van der Waals surface area contributed by atoms with Crippen LogP contribution >= 0.6 is 34.8 Å². The van der Waals surface area contributed by atoms with Gasteiger partial charge in [-0.2, -0.15) is 0 Å². The Bertz CT molecular complexity index is 953. The molecule has 2 bridgehead atoms. The first kappa shape index (κ1) is 22.4. The van der Waals surface area contributed by atoms with E-state index in [0.29, 0.717) is 22.1 Å². The Kier molecular flexibility index (Phi) is 7.07. The summed E-state index contributed by atoms with van der Waals surface area (Å²) in [5, 5.41) is 7.18. The van der Waals surface area contributed by atoms with Crippen LogP contribution in [0.2, 0.25) is 15.1 Å². The summed E-state index contributed by atoms with van der Waals surface area (Å²) >= 11 is 18.0. The molecule has 164 valence electrons. The molecular weight excluding hydrogens is 457 g/mol.